The van der Waals surface area contributed by atoms with Gasteiger partial charge in [0.15, 0.2) is 0 Å². The van der Waals surface area contributed by atoms with Crippen molar-refractivity contribution in [3.8, 4) is 0 Å². The van der Waals surface area contributed by atoms with E-state index >= 15 is 0 Å². The van der Waals surface area contributed by atoms with Crippen LogP contribution in [0, 0.1) is 0 Å². The molecule has 0 saturated heterocycles. The average molecular weight is 267 g/mol. The lowest BCUT2D eigenvalue weighted by Crippen LogP contribution is -2.27. The van der Waals surface area contributed by atoms with Crippen LogP contribution in [0.4, 0.5) is 0 Å². The van der Waals surface area contributed by atoms with Crippen molar-refractivity contribution >= 4 is 11.6 Å². The predicted octanol–water partition coefficient (Wildman–Crippen LogP) is 0.853. The number of nitrogens with one attached hydrogen (secondary N) is 2. The summed E-state index contributed by atoms with van der Waals surface area (Å²) in [6.45, 7) is 1.93. The fourth-order valence-corrected chi connectivity index (χ4v) is 1.72. The molecule has 0 aliphatic heterocycles. The molecule has 1 atom stereocenters. The molecule has 0 aromatic carbocycles. The summed E-state index contributed by atoms with van der Waals surface area (Å²) >= 11 is 5.75. The number of aromatic nitrogens is 4. The fraction of sp³-hybridized carbons (Fsp3) is 0.273. The van der Waals surface area contributed by atoms with E-state index in [1.165, 1.54) is 0 Å². The van der Waals surface area contributed by atoms with E-state index in [2.05, 4.69) is 15.0 Å². The van der Waals surface area contributed by atoms with E-state index in [-0.39, 0.29) is 5.92 Å². The Bertz CT molecular complexity index is 619. The molecule has 0 aliphatic rings. The zero-order valence-corrected chi connectivity index (χ0v) is 10.4. The van der Waals surface area contributed by atoms with E-state index in [0.717, 1.165) is 5.69 Å². The van der Waals surface area contributed by atoms with Crippen LogP contribution < -0.4 is 11.4 Å². The monoisotopic (exact) mass is 266 g/mol. The highest BCUT2D eigenvalue weighted by atomic mass is 35.5. The molecule has 18 heavy (non-hydrogen) atoms. The Hall–Kier alpha value is -1.95. The Morgan fingerprint density at radius 3 is 2.72 bits per heavy atom. The Balaban J connectivity index is 2.20. The van der Waals surface area contributed by atoms with Gasteiger partial charge in [-0.15, -0.1) is 0 Å². The standard InChI is InChI=1S/C11H11ClN4O2/c1-6(8-3-2-7(12)5-13-8)4-9-14-10(17)16-11(18)15-9/h2-3,5-6H,4H2,1H3,(H2,14,15,16,17,18). The second kappa shape index (κ2) is 5.14. The topological polar surface area (TPSA) is 91.5 Å². The van der Waals surface area contributed by atoms with E-state index < -0.39 is 11.4 Å². The van der Waals surface area contributed by atoms with E-state index in [1.54, 1.807) is 18.3 Å². The first-order valence-corrected chi connectivity index (χ1v) is 5.73. The van der Waals surface area contributed by atoms with Gasteiger partial charge in [-0.3, -0.25) is 15.0 Å². The number of hydrogen-bond acceptors (Lipinski definition) is 4. The second-order valence-electron chi connectivity index (χ2n) is 3.95. The molecule has 6 nitrogen and oxygen atoms in total. The van der Waals surface area contributed by atoms with Crippen LogP contribution in [-0.2, 0) is 6.42 Å². The number of halogens is 1. The van der Waals surface area contributed by atoms with Crippen LogP contribution in [0.2, 0.25) is 5.02 Å². The van der Waals surface area contributed by atoms with Crippen LogP contribution in [0.25, 0.3) is 0 Å². The summed E-state index contributed by atoms with van der Waals surface area (Å²) in [5.74, 6) is 0.361. The van der Waals surface area contributed by atoms with Crippen molar-refractivity contribution in [3.05, 3.63) is 55.8 Å². The molecule has 0 aliphatic carbocycles. The third-order valence-electron chi connectivity index (χ3n) is 2.47. The fourth-order valence-electron chi connectivity index (χ4n) is 1.61. The SMILES string of the molecule is CC(Cc1nc(=O)[nH]c(=O)[nH]1)c1ccc(Cl)cn1. The zero-order valence-electron chi connectivity index (χ0n) is 9.61. The molecule has 2 N–H and O–H groups in total. The zero-order chi connectivity index (χ0) is 13.1. The molecule has 2 aromatic rings. The normalized spacial score (nSPS) is 12.3. The van der Waals surface area contributed by atoms with Gasteiger partial charge in [0.2, 0.25) is 0 Å². The number of pyridine rings is 1. The van der Waals surface area contributed by atoms with Crippen molar-refractivity contribution < 1.29 is 0 Å². The molecule has 0 bridgehead atoms. The van der Waals surface area contributed by atoms with Crippen LogP contribution in [0.5, 0.6) is 0 Å². The van der Waals surface area contributed by atoms with Gasteiger partial charge in [0.25, 0.3) is 0 Å². The van der Waals surface area contributed by atoms with Crippen LogP contribution in [0.3, 0.4) is 0 Å². The van der Waals surface area contributed by atoms with Gasteiger partial charge in [0, 0.05) is 24.2 Å². The lowest BCUT2D eigenvalue weighted by molar-refractivity contribution is 0.679. The van der Waals surface area contributed by atoms with Gasteiger partial charge in [0.1, 0.15) is 5.82 Å². The third kappa shape index (κ3) is 3.04. The molecule has 2 aromatic heterocycles. The van der Waals surface area contributed by atoms with Gasteiger partial charge in [-0.2, -0.15) is 4.98 Å². The first-order chi connectivity index (χ1) is 8.54. The largest absolute Gasteiger partial charge is 0.350 e. The minimum absolute atomic E-state index is 0.0206. The van der Waals surface area contributed by atoms with Gasteiger partial charge in [-0.1, -0.05) is 18.5 Å². The summed E-state index contributed by atoms with van der Waals surface area (Å²) in [6.07, 6.45) is 1.98. The van der Waals surface area contributed by atoms with Crippen molar-refractivity contribution in [2.45, 2.75) is 19.3 Å². The summed E-state index contributed by atoms with van der Waals surface area (Å²) in [4.78, 5) is 34.5. The maximum Gasteiger partial charge on any atom is 0.350 e. The van der Waals surface area contributed by atoms with Gasteiger partial charge < -0.3 is 0 Å². The van der Waals surface area contributed by atoms with Crippen LogP contribution in [-0.4, -0.2) is 19.9 Å². The van der Waals surface area contributed by atoms with Crippen molar-refractivity contribution in [2.24, 2.45) is 0 Å². The lowest BCUT2D eigenvalue weighted by Gasteiger charge is -2.09. The summed E-state index contributed by atoms with van der Waals surface area (Å²) in [7, 11) is 0. The minimum Gasteiger partial charge on any atom is -0.295 e. The number of nitrogens with zero attached hydrogens (tertiary/aromatic N) is 2. The van der Waals surface area contributed by atoms with E-state index in [9.17, 15) is 9.59 Å². The quantitative estimate of drug-likeness (QED) is 0.862. The predicted molar refractivity (Wildman–Crippen MR) is 66.8 cm³/mol. The highest BCUT2D eigenvalue weighted by Gasteiger charge is 2.10. The van der Waals surface area contributed by atoms with E-state index in [4.69, 9.17) is 11.6 Å². The molecule has 0 radical (unpaired) electrons. The molecular formula is C11H11ClN4O2. The number of rotatable bonds is 3. The van der Waals surface area contributed by atoms with Crippen LogP contribution in [0.1, 0.15) is 24.4 Å². The molecule has 0 saturated carbocycles. The number of aromatic amines is 2. The molecule has 2 heterocycles. The maximum absolute atomic E-state index is 11.1. The first kappa shape index (κ1) is 12.5. The van der Waals surface area contributed by atoms with Crippen LogP contribution in [0.15, 0.2) is 27.9 Å². The van der Waals surface area contributed by atoms with Crippen molar-refractivity contribution in [1.29, 1.82) is 0 Å². The van der Waals surface area contributed by atoms with Crippen molar-refractivity contribution in [2.75, 3.05) is 0 Å². The molecule has 7 heteroatoms. The van der Waals surface area contributed by atoms with E-state index in [0.29, 0.717) is 17.3 Å². The number of H-pyrrole nitrogens is 2. The molecule has 94 valence electrons. The highest BCUT2D eigenvalue weighted by molar-refractivity contribution is 6.30. The van der Waals surface area contributed by atoms with Crippen LogP contribution >= 0.6 is 11.6 Å². The Kier molecular flexibility index (Phi) is 3.57. The Morgan fingerprint density at radius 1 is 1.33 bits per heavy atom. The first-order valence-electron chi connectivity index (χ1n) is 5.35. The Labute approximate surface area is 107 Å². The summed E-state index contributed by atoms with van der Waals surface area (Å²) in [6, 6.07) is 3.55. The molecule has 0 spiro atoms. The Morgan fingerprint density at radius 2 is 2.11 bits per heavy atom. The third-order valence-corrected chi connectivity index (χ3v) is 2.69. The molecule has 0 amide bonds. The molecule has 2 rings (SSSR count). The van der Waals surface area contributed by atoms with E-state index in [1.807, 2.05) is 11.9 Å². The second-order valence-corrected chi connectivity index (χ2v) is 4.39. The molecule has 1 unspecified atom stereocenters. The molecular weight excluding hydrogens is 256 g/mol. The van der Waals surface area contributed by atoms with Gasteiger partial charge in [-0.25, -0.2) is 9.59 Å². The minimum atomic E-state index is -0.648. The number of hydrogen-bond donors (Lipinski definition) is 2. The average Bonchev–Trinajstić information content (AvgIpc) is 2.28. The summed E-state index contributed by atoms with van der Waals surface area (Å²) in [5, 5.41) is 0.564. The van der Waals surface area contributed by atoms with Gasteiger partial charge in [0.05, 0.1) is 5.02 Å². The molecule has 0 fully saturated rings. The maximum atomic E-state index is 11.1. The van der Waals surface area contributed by atoms with Crippen molar-refractivity contribution in [3.63, 3.8) is 0 Å². The highest BCUT2D eigenvalue weighted by Crippen LogP contribution is 2.17. The summed E-state index contributed by atoms with van der Waals surface area (Å²) in [5.41, 5.74) is -0.381. The van der Waals surface area contributed by atoms with Gasteiger partial charge in [-0.05, 0) is 12.1 Å². The van der Waals surface area contributed by atoms with Gasteiger partial charge >= 0.3 is 11.4 Å². The summed E-state index contributed by atoms with van der Waals surface area (Å²) < 4.78 is 0. The van der Waals surface area contributed by atoms with Crippen molar-refractivity contribution in [1.82, 2.24) is 19.9 Å². The lowest BCUT2D eigenvalue weighted by atomic mass is 10.0. The smallest absolute Gasteiger partial charge is 0.295 e.